The van der Waals surface area contributed by atoms with E-state index in [-0.39, 0.29) is 5.41 Å². The monoisotopic (exact) mass is 230 g/mol. The van der Waals surface area contributed by atoms with E-state index < -0.39 is 0 Å². The van der Waals surface area contributed by atoms with Gasteiger partial charge in [0.2, 0.25) is 0 Å². The van der Waals surface area contributed by atoms with Crippen LogP contribution in [0.2, 0.25) is 0 Å². The average molecular weight is 230 g/mol. The number of hydrogen-bond acceptors (Lipinski definition) is 0. The molecule has 0 aliphatic heterocycles. The van der Waals surface area contributed by atoms with E-state index in [2.05, 4.69) is 58.5 Å². The van der Waals surface area contributed by atoms with Gasteiger partial charge in [-0.1, -0.05) is 71.4 Å². The zero-order valence-corrected chi connectivity index (χ0v) is 11.8. The molecule has 0 N–H and O–H groups in total. The van der Waals surface area contributed by atoms with E-state index in [0.717, 1.165) is 0 Å². The van der Waals surface area contributed by atoms with E-state index in [1.165, 1.54) is 42.4 Å². The molecule has 0 aliphatic rings. The maximum atomic E-state index is 4.20. The normalized spacial score (nSPS) is 11.5. The lowest BCUT2D eigenvalue weighted by atomic mass is 9.83. The van der Waals surface area contributed by atoms with Crippen molar-refractivity contribution < 1.29 is 0 Å². The molecule has 0 saturated heterocycles. The quantitative estimate of drug-likeness (QED) is 0.588. The third-order valence-electron chi connectivity index (χ3n) is 3.28. The van der Waals surface area contributed by atoms with Gasteiger partial charge in [0.25, 0.3) is 0 Å². The van der Waals surface area contributed by atoms with Crippen molar-refractivity contribution in [3.63, 3.8) is 0 Å². The van der Waals surface area contributed by atoms with Crippen molar-refractivity contribution in [2.45, 2.75) is 53.4 Å². The highest BCUT2D eigenvalue weighted by Gasteiger charge is 2.16. The third-order valence-corrected chi connectivity index (χ3v) is 3.28. The Morgan fingerprint density at radius 1 is 1.06 bits per heavy atom. The van der Waals surface area contributed by atoms with Gasteiger partial charge in [-0.3, -0.25) is 0 Å². The van der Waals surface area contributed by atoms with Gasteiger partial charge < -0.3 is 0 Å². The van der Waals surface area contributed by atoms with E-state index >= 15 is 0 Å². The number of aryl methyl sites for hydroxylation is 1. The summed E-state index contributed by atoms with van der Waals surface area (Å²) < 4.78 is 0. The number of unbranched alkanes of at least 4 members (excludes halogenated alkanes) is 2. The van der Waals surface area contributed by atoms with Crippen LogP contribution in [0.4, 0.5) is 0 Å². The minimum Gasteiger partial charge on any atom is -0.0947 e. The van der Waals surface area contributed by atoms with E-state index in [9.17, 15) is 0 Å². The number of rotatable bonds is 5. The minimum atomic E-state index is 0.156. The summed E-state index contributed by atoms with van der Waals surface area (Å²) in [5.74, 6) is 0. The maximum Gasteiger partial charge on any atom is -0.0132 e. The van der Waals surface area contributed by atoms with Crippen molar-refractivity contribution in [2.24, 2.45) is 5.41 Å². The van der Waals surface area contributed by atoms with Gasteiger partial charge in [-0.25, -0.2) is 0 Å². The van der Waals surface area contributed by atoms with Gasteiger partial charge in [-0.05, 0) is 35.0 Å². The maximum absolute atomic E-state index is 4.20. The fraction of sp³-hybridized carbons (Fsp3) is 0.529. The molecule has 1 aromatic rings. The van der Waals surface area contributed by atoms with Crippen molar-refractivity contribution in [2.75, 3.05) is 0 Å². The van der Waals surface area contributed by atoms with E-state index in [1.807, 2.05) is 0 Å². The Morgan fingerprint density at radius 2 is 1.65 bits per heavy atom. The second-order valence-electron chi connectivity index (χ2n) is 5.88. The molecule has 0 amide bonds. The summed E-state index contributed by atoms with van der Waals surface area (Å²) in [6.45, 7) is 13.1. The van der Waals surface area contributed by atoms with Gasteiger partial charge in [0.15, 0.2) is 0 Å². The first-order valence-corrected chi connectivity index (χ1v) is 6.74. The van der Waals surface area contributed by atoms with Crippen LogP contribution in [0, 0.1) is 5.41 Å². The Labute approximate surface area is 107 Å². The van der Waals surface area contributed by atoms with Crippen LogP contribution in [0.3, 0.4) is 0 Å². The molecular weight excluding hydrogens is 204 g/mol. The van der Waals surface area contributed by atoms with Crippen LogP contribution in [0.1, 0.15) is 58.1 Å². The highest BCUT2D eigenvalue weighted by Crippen LogP contribution is 2.32. The van der Waals surface area contributed by atoms with Crippen molar-refractivity contribution in [3.8, 4) is 0 Å². The summed E-state index contributed by atoms with van der Waals surface area (Å²) >= 11 is 0. The number of hydrogen-bond donors (Lipinski definition) is 0. The first kappa shape index (κ1) is 14.0. The molecule has 1 rings (SSSR count). The van der Waals surface area contributed by atoms with Gasteiger partial charge in [-0.2, -0.15) is 0 Å². The van der Waals surface area contributed by atoms with Gasteiger partial charge in [0.05, 0.1) is 0 Å². The van der Waals surface area contributed by atoms with Crippen LogP contribution >= 0.6 is 0 Å². The van der Waals surface area contributed by atoms with Crippen LogP contribution in [-0.2, 0) is 6.42 Å². The molecule has 0 heteroatoms. The van der Waals surface area contributed by atoms with Crippen LogP contribution in [0.25, 0.3) is 5.57 Å². The molecular formula is C17H26. The largest absolute Gasteiger partial charge is 0.0947 e. The molecule has 0 saturated carbocycles. The molecule has 0 nitrogen and oxygen atoms in total. The zero-order valence-electron chi connectivity index (χ0n) is 11.8. The number of allylic oxidation sites excluding steroid dienone is 1. The van der Waals surface area contributed by atoms with E-state index in [1.54, 1.807) is 0 Å². The molecule has 0 atom stereocenters. The predicted octanol–water partition coefficient (Wildman–Crippen LogP) is 5.48. The smallest absolute Gasteiger partial charge is 0.0132 e. The number of benzene rings is 1. The fourth-order valence-corrected chi connectivity index (χ4v) is 1.88. The first-order chi connectivity index (χ1) is 7.95. The molecule has 0 aromatic heterocycles. The molecule has 1 aromatic carbocycles. The summed E-state index contributed by atoms with van der Waals surface area (Å²) in [7, 11) is 0. The molecule has 0 spiro atoms. The lowest BCUT2D eigenvalue weighted by Gasteiger charge is -2.22. The van der Waals surface area contributed by atoms with Gasteiger partial charge in [0, 0.05) is 0 Å². The van der Waals surface area contributed by atoms with Gasteiger partial charge in [0.1, 0.15) is 0 Å². The summed E-state index contributed by atoms with van der Waals surface area (Å²) in [5, 5.41) is 0. The Bertz CT molecular complexity index is 349. The highest BCUT2D eigenvalue weighted by molar-refractivity contribution is 5.67. The molecule has 0 bridgehead atoms. The van der Waals surface area contributed by atoms with Crippen LogP contribution in [0.15, 0.2) is 30.8 Å². The second-order valence-corrected chi connectivity index (χ2v) is 5.88. The SMILES string of the molecule is C=C(c1ccc(CCCCC)cc1)C(C)(C)C. The highest BCUT2D eigenvalue weighted by atomic mass is 14.2. The fourth-order valence-electron chi connectivity index (χ4n) is 1.88. The summed E-state index contributed by atoms with van der Waals surface area (Å²) in [4.78, 5) is 0. The summed E-state index contributed by atoms with van der Waals surface area (Å²) in [6, 6.07) is 8.94. The topological polar surface area (TPSA) is 0 Å². The third kappa shape index (κ3) is 4.38. The Hall–Kier alpha value is -1.04. The molecule has 0 heterocycles. The molecule has 0 fully saturated rings. The molecule has 0 aliphatic carbocycles. The second kappa shape index (κ2) is 6.05. The molecule has 17 heavy (non-hydrogen) atoms. The van der Waals surface area contributed by atoms with Crippen molar-refractivity contribution in [1.82, 2.24) is 0 Å². The average Bonchev–Trinajstić information content (AvgIpc) is 2.28. The van der Waals surface area contributed by atoms with Crippen LogP contribution < -0.4 is 0 Å². The Kier molecular flexibility index (Phi) is 4.99. The van der Waals surface area contributed by atoms with E-state index in [0.29, 0.717) is 0 Å². The van der Waals surface area contributed by atoms with Crippen LogP contribution in [-0.4, -0.2) is 0 Å². The lowest BCUT2D eigenvalue weighted by molar-refractivity contribution is 0.568. The zero-order chi connectivity index (χ0) is 12.9. The molecule has 0 unspecified atom stereocenters. The Balaban J connectivity index is 2.65. The van der Waals surface area contributed by atoms with Crippen molar-refractivity contribution in [3.05, 3.63) is 42.0 Å². The Morgan fingerprint density at radius 3 is 2.12 bits per heavy atom. The summed E-state index contributed by atoms with van der Waals surface area (Å²) in [6.07, 6.45) is 5.13. The molecule has 94 valence electrons. The van der Waals surface area contributed by atoms with Crippen LogP contribution in [0.5, 0.6) is 0 Å². The van der Waals surface area contributed by atoms with Crippen molar-refractivity contribution in [1.29, 1.82) is 0 Å². The van der Waals surface area contributed by atoms with Gasteiger partial charge in [-0.15, -0.1) is 0 Å². The minimum absolute atomic E-state index is 0.156. The lowest BCUT2D eigenvalue weighted by Crippen LogP contribution is -2.07. The first-order valence-electron chi connectivity index (χ1n) is 6.74. The van der Waals surface area contributed by atoms with Crippen molar-refractivity contribution >= 4 is 5.57 Å². The van der Waals surface area contributed by atoms with Gasteiger partial charge >= 0.3 is 0 Å². The molecule has 0 radical (unpaired) electrons. The standard InChI is InChI=1S/C17H26/c1-6-7-8-9-15-10-12-16(13-11-15)14(2)17(3,4)5/h10-13H,2,6-9H2,1,3-5H3. The predicted molar refractivity (Wildman–Crippen MR) is 78.2 cm³/mol. The summed E-state index contributed by atoms with van der Waals surface area (Å²) in [5.41, 5.74) is 4.10. The van der Waals surface area contributed by atoms with E-state index in [4.69, 9.17) is 0 Å².